The van der Waals surface area contributed by atoms with Crippen molar-refractivity contribution in [1.29, 1.82) is 0 Å². The fourth-order valence-electron chi connectivity index (χ4n) is 3.54. The van der Waals surface area contributed by atoms with E-state index in [9.17, 15) is 4.79 Å². The van der Waals surface area contributed by atoms with Crippen molar-refractivity contribution in [2.75, 3.05) is 0 Å². The molecule has 0 saturated heterocycles. The number of carbonyl (C=O) groups excluding carboxylic acids is 1. The number of Topliss-reactive ketones (excluding diaryl/α,β-unsaturated/α-hetero) is 1. The Morgan fingerprint density at radius 3 is 1.43 bits per heavy atom. The van der Waals surface area contributed by atoms with Gasteiger partial charge in [0.1, 0.15) is 5.78 Å². The molecule has 1 nitrogen and oxygen atoms in total. The lowest BCUT2D eigenvalue weighted by Crippen LogP contribution is -2.02. The number of rotatable bonds is 6. The van der Waals surface area contributed by atoms with Crippen molar-refractivity contribution in [3.63, 3.8) is 0 Å². The van der Waals surface area contributed by atoms with E-state index in [4.69, 9.17) is 0 Å². The first-order valence-corrected chi connectivity index (χ1v) is 11.0. The molecule has 0 fully saturated rings. The van der Waals surface area contributed by atoms with Gasteiger partial charge in [-0.25, -0.2) is 0 Å². The third-order valence-electron chi connectivity index (χ3n) is 5.12. The zero-order valence-corrected chi connectivity index (χ0v) is 18.6. The van der Waals surface area contributed by atoms with Gasteiger partial charge in [0.25, 0.3) is 0 Å². The average Bonchev–Trinajstić information content (AvgIpc) is 2.70. The first-order chi connectivity index (χ1) is 13.6. The summed E-state index contributed by atoms with van der Waals surface area (Å²) in [5.74, 6) is 0.326. The number of hydrogen-bond donors (Lipinski definition) is 0. The molecule has 0 bridgehead atoms. The molecule has 4 aromatic rings. The van der Waals surface area contributed by atoms with Crippen LogP contribution in [0.4, 0.5) is 0 Å². The van der Waals surface area contributed by atoms with E-state index in [1.54, 1.807) is 0 Å². The summed E-state index contributed by atoms with van der Waals surface area (Å²) >= 11 is 7.01. The zero-order valence-electron chi connectivity index (χ0n) is 15.4. The van der Waals surface area contributed by atoms with E-state index >= 15 is 0 Å². The second-order valence-electron chi connectivity index (χ2n) is 7.19. The van der Waals surface area contributed by atoms with Gasteiger partial charge in [0.2, 0.25) is 0 Å². The summed E-state index contributed by atoms with van der Waals surface area (Å²) in [5.41, 5.74) is 2.44. The van der Waals surface area contributed by atoms with Gasteiger partial charge in [0.15, 0.2) is 0 Å². The Bertz CT molecular complexity index is 1070. The van der Waals surface area contributed by atoms with E-state index in [1.165, 1.54) is 32.7 Å². The molecule has 0 amide bonds. The maximum Gasteiger partial charge on any atom is 0.133 e. The highest BCUT2D eigenvalue weighted by Crippen LogP contribution is 2.23. The highest BCUT2D eigenvalue weighted by atomic mass is 79.9. The normalized spacial score (nSPS) is 11.2. The van der Waals surface area contributed by atoms with Crippen LogP contribution in [0.3, 0.4) is 0 Å². The molecule has 0 heterocycles. The number of halogens is 2. The molecule has 0 aliphatic heterocycles. The molecule has 4 aromatic carbocycles. The third kappa shape index (κ3) is 4.71. The highest BCUT2D eigenvalue weighted by Gasteiger charge is 2.06. The molecule has 0 N–H and O–H groups in total. The minimum absolute atomic E-state index is 0.326. The van der Waals surface area contributed by atoms with Crippen LogP contribution < -0.4 is 0 Å². The standard InChI is InChI=1S/C25H20Br2O/c26-23-9-7-19-13-17(1-5-21(19)15-23)3-11-25(28)12-4-18-2-6-22-16-24(27)10-8-20(22)14-18/h1-2,5-10,13-16H,3-4,11-12H2. The number of ketones is 1. The predicted molar refractivity (Wildman–Crippen MR) is 125 cm³/mol. The average molecular weight is 496 g/mol. The molecule has 140 valence electrons. The summed E-state index contributed by atoms with van der Waals surface area (Å²) in [6.45, 7) is 0. The summed E-state index contributed by atoms with van der Waals surface area (Å²) in [4.78, 5) is 12.4. The lowest BCUT2D eigenvalue weighted by Gasteiger charge is -2.06. The maximum absolute atomic E-state index is 12.4. The molecule has 0 spiro atoms. The van der Waals surface area contributed by atoms with Crippen molar-refractivity contribution in [1.82, 2.24) is 0 Å². The first kappa shape index (κ1) is 19.4. The van der Waals surface area contributed by atoms with Gasteiger partial charge in [-0.1, -0.05) is 80.4 Å². The first-order valence-electron chi connectivity index (χ1n) is 9.45. The summed E-state index contributed by atoms with van der Waals surface area (Å²) < 4.78 is 2.17. The number of aryl methyl sites for hydroxylation is 2. The third-order valence-corrected chi connectivity index (χ3v) is 6.10. The molecule has 0 aliphatic carbocycles. The Balaban J connectivity index is 1.34. The molecule has 0 radical (unpaired) electrons. The van der Waals surface area contributed by atoms with E-state index < -0.39 is 0 Å². The van der Waals surface area contributed by atoms with Crippen molar-refractivity contribution >= 4 is 59.2 Å². The molecular formula is C25H20Br2O. The van der Waals surface area contributed by atoms with Gasteiger partial charge < -0.3 is 0 Å². The second kappa shape index (κ2) is 8.59. The Labute approximate surface area is 182 Å². The Hall–Kier alpha value is -1.97. The molecule has 0 saturated carbocycles. The van der Waals surface area contributed by atoms with Gasteiger partial charge in [-0.3, -0.25) is 4.79 Å². The summed E-state index contributed by atoms with van der Waals surface area (Å²) in [6.07, 6.45) is 2.80. The van der Waals surface area contributed by atoms with Crippen LogP contribution in [0.5, 0.6) is 0 Å². The second-order valence-corrected chi connectivity index (χ2v) is 9.02. The SMILES string of the molecule is O=C(CCc1ccc2cc(Br)ccc2c1)CCc1ccc2cc(Br)ccc2c1. The van der Waals surface area contributed by atoms with E-state index in [0.717, 1.165) is 21.8 Å². The predicted octanol–water partition coefficient (Wildman–Crippen LogP) is 7.65. The van der Waals surface area contributed by atoms with Crippen LogP contribution in [0.1, 0.15) is 24.0 Å². The van der Waals surface area contributed by atoms with Crippen LogP contribution in [-0.4, -0.2) is 5.78 Å². The van der Waals surface area contributed by atoms with Crippen molar-refractivity contribution in [3.05, 3.63) is 92.9 Å². The van der Waals surface area contributed by atoms with E-state index in [0.29, 0.717) is 18.6 Å². The molecular weight excluding hydrogens is 476 g/mol. The van der Waals surface area contributed by atoms with Gasteiger partial charge in [-0.05, 0) is 69.8 Å². The summed E-state index contributed by atoms with van der Waals surface area (Å²) in [5, 5.41) is 4.87. The van der Waals surface area contributed by atoms with E-state index in [-0.39, 0.29) is 0 Å². The smallest absolute Gasteiger partial charge is 0.133 e. The Morgan fingerprint density at radius 1 is 0.571 bits per heavy atom. The molecule has 28 heavy (non-hydrogen) atoms. The lowest BCUT2D eigenvalue weighted by atomic mass is 9.99. The largest absolute Gasteiger partial charge is 0.300 e. The molecule has 4 rings (SSSR count). The highest BCUT2D eigenvalue weighted by molar-refractivity contribution is 9.10. The van der Waals surface area contributed by atoms with Crippen LogP contribution in [-0.2, 0) is 17.6 Å². The van der Waals surface area contributed by atoms with Crippen LogP contribution in [0.25, 0.3) is 21.5 Å². The van der Waals surface area contributed by atoms with Gasteiger partial charge >= 0.3 is 0 Å². The summed E-state index contributed by atoms with van der Waals surface area (Å²) in [6, 6.07) is 25.5. The van der Waals surface area contributed by atoms with Crippen LogP contribution >= 0.6 is 31.9 Å². The van der Waals surface area contributed by atoms with Crippen molar-refractivity contribution < 1.29 is 4.79 Å². The monoisotopic (exact) mass is 494 g/mol. The van der Waals surface area contributed by atoms with Crippen molar-refractivity contribution in [2.45, 2.75) is 25.7 Å². The number of carbonyl (C=O) groups is 1. The number of fused-ring (bicyclic) bond motifs is 2. The topological polar surface area (TPSA) is 17.1 Å². The minimum Gasteiger partial charge on any atom is -0.300 e. The molecule has 3 heteroatoms. The lowest BCUT2D eigenvalue weighted by molar-refractivity contribution is -0.119. The maximum atomic E-state index is 12.4. The molecule has 0 aromatic heterocycles. The Morgan fingerprint density at radius 2 is 0.964 bits per heavy atom. The number of hydrogen-bond acceptors (Lipinski definition) is 1. The molecule has 0 atom stereocenters. The number of benzene rings is 4. The van der Waals surface area contributed by atoms with Gasteiger partial charge in [0, 0.05) is 21.8 Å². The van der Waals surface area contributed by atoms with E-state index in [1.807, 2.05) is 0 Å². The van der Waals surface area contributed by atoms with E-state index in [2.05, 4.69) is 105 Å². The fraction of sp³-hybridized carbons (Fsp3) is 0.160. The molecule has 0 unspecified atom stereocenters. The van der Waals surface area contributed by atoms with Crippen LogP contribution in [0.15, 0.2) is 81.7 Å². The zero-order chi connectivity index (χ0) is 19.5. The minimum atomic E-state index is 0.326. The van der Waals surface area contributed by atoms with Crippen LogP contribution in [0, 0.1) is 0 Å². The Kier molecular flexibility index (Phi) is 5.93. The van der Waals surface area contributed by atoms with Gasteiger partial charge in [-0.2, -0.15) is 0 Å². The van der Waals surface area contributed by atoms with Gasteiger partial charge in [0.05, 0.1) is 0 Å². The van der Waals surface area contributed by atoms with Crippen LogP contribution in [0.2, 0.25) is 0 Å². The quantitative estimate of drug-likeness (QED) is 0.268. The van der Waals surface area contributed by atoms with Gasteiger partial charge in [-0.15, -0.1) is 0 Å². The molecule has 0 aliphatic rings. The summed E-state index contributed by atoms with van der Waals surface area (Å²) in [7, 11) is 0. The van der Waals surface area contributed by atoms with Crippen molar-refractivity contribution in [3.8, 4) is 0 Å². The fourth-order valence-corrected chi connectivity index (χ4v) is 4.29. The van der Waals surface area contributed by atoms with Crippen molar-refractivity contribution in [2.24, 2.45) is 0 Å².